The minimum Gasteiger partial charge on any atom is -0.494 e. The summed E-state index contributed by atoms with van der Waals surface area (Å²) in [7, 11) is 1.62. The minimum absolute atomic E-state index is 0.293. The number of aromatic nitrogens is 4. The molecule has 1 aliphatic carbocycles. The molecule has 3 aromatic rings. The zero-order valence-electron chi connectivity index (χ0n) is 23.2. The number of hydrogen-bond acceptors (Lipinski definition) is 9. The van der Waals surface area contributed by atoms with Crippen LogP contribution in [0.2, 0.25) is 0 Å². The number of methoxy groups -OCH3 is 1. The second-order valence-electron chi connectivity index (χ2n) is 10.6. The Morgan fingerprint density at radius 1 is 1.20 bits per heavy atom. The Morgan fingerprint density at radius 2 is 2.00 bits per heavy atom. The van der Waals surface area contributed by atoms with E-state index in [9.17, 15) is 4.79 Å². The smallest absolute Gasteiger partial charge is 0.247 e. The topological polar surface area (TPSA) is 110 Å². The van der Waals surface area contributed by atoms with Gasteiger partial charge in [-0.05, 0) is 51.4 Å². The Kier molecular flexibility index (Phi) is 7.40. The van der Waals surface area contributed by atoms with Crippen LogP contribution in [0.3, 0.4) is 0 Å². The first-order chi connectivity index (χ1) is 19.5. The Morgan fingerprint density at radius 3 is 2.67 bits per heavy atom. The molecule has 11 heteroatoms. The fourth-order valence-corrected chi connectivity index (χ4v) is 5.17. The van der Waals surface area contributed by atoms with E-state index in [2.05, 4.69) is 38.2 Å². The molecule has 0 bridgehead atoms. The molecule has 0 spiro atoms. The lowest BCUT2D eigenvalue weighted by molar-refractivity contribution is -0.111. The number of morpholine rings is 1. The van der Waals surface area contributed by atoms with Crippen molar-refractivity contribution in [2.45, 2.75) is 38.6 Å². The lowest BCUT2D eigenvalue weighted by atomic mass is 10.1. The van der Waals surface area contributed by atoms with Gasteiger partial charge >= 0.3 is 0 Å². The molecule has 40 heavy (non-hydrogen) atoms. The van der Waals surface area contributed by atoms with Crippen LogP contribution >= 0.6 is 0 Å². The van der Waals surface area contributed by atoms with Gasteiger partial charge in [-0.25, -0.2) is 9.67 Å². The number of nitrogens with one attached hydrogen (secondary N) is 2. The van der Waals surface area contributed by atoms with Gasteiger partial charge in [-0.1, -0.05) is 6.58 Å². The molecule has 2 aliphatic heterocycles. The van der Waals surface area contributed by atoms with E-state index in [1.807, 2.05) is 23.7 Å². The number of hydrogen-bond donors (Lipinski definition) is 2. The Balaban J connectivity index is 1.32. The van der Waals surface area contributed by atoms with Gasteiger partial charge in [0.2, 0.25) is 11.9 Å². The van der Waals surface area contributed by atoms with Crippen molar-refractivity contribution in [1.29, 1.82) is 0 Å². The highest BCUT2D eigenvalue weighted by Gasteiger charge is 2.31. The van der Waals surface area contributed by atoms with Gasteiger partial charge in [0.25, 0.3) is 0 Å². The molecule has 2 saturated heterocycles. The Bertz CT molecular complexity index is 1410. The summed E-state index contributed by atoms with van der Waals surface area (Å²) in [6.07, 6.45) is 8.85. The van der Waals surface area contributed by atoms with Crippen molar-refractivity contribution >= 4 is 28.9 Å². The second-order valence-corrected chi connectivity index (χ2v) is 10.6. The number of nitrogens with zero attached hydrogens (tertiary/aromatic N) is 6. The van der Waals surface area contributed by atoms with E-state index in [4.69, 9.17) is 19.6 Å². The van der Waals surface area contributed by atoms with Crippen molar-refractivity contribution in [3.63, 3.8) is 0 Å². The fraction of sp³-hybridized carbons (Fsp3) is 0.448. The molecule has 0 radical (unpaired) electrons. The van der Waals surface area contributed by atoms with Gasteiger partial charge in [-0.15, -0.1) is 0 Å². The average Bonchev–Trinajstić information content (AvgIpc) is 3.71. The number of ether oxygens (including phenoxy) is 2. The van der Waals surface area contributed by atoms with Crippen LogP contribution in [-0.4, -0.2) is 77.1 Å². The lowest BCUT2D eigenvalue weighted by Gasteiger charge is -2.31. The van der Waals surface area contributed by atoms with E-state index in [1.165, 1.54) is 36.6 Å². The van der Waals surface area contributed by atoms with Crippen LogP contribution in [0.15, 0.2) is 37.2 Å². The van der Waals surface area contributed by atoms with Gasteiger partial charge in [0, 0.05) is 55.1 Å². The molecule has 1 saturated carbocycles. The van der Waals surface area contributed by atoms with Gasteiger partial charge in [0.1, 0.15) is 5.75 Å². The first-order valence-electron chi connectivity index (χ1n) is 13.9. The standard InChI is InChI=1S/C29H36N8O3/c1-4-26(38)31-22-14-23(25(39-3)15-24(22)36-10-12-40-13-11-36)32-29-30-16-19(2)28(33-29)37-18-21(17-35-8-5-9-35)27(34-37)20-6-7-20/h4,14-16,18,20H,1,5-13,17H2,2-3H3,(H,31,38)(H,30,32,33). The van der Waals surface area contributed by atoms with Crippen molar-refractivity contribution in [2.75, 3.05) is 62.0 Å². The number of carbonyl (C=O) groups is 1. The maximum atomic E-state index is 12.3. The quantitative estimate of drug-likeness (QED) is 0.369. The van der Waals surface area contributed by atoms with Crippen LogP contribution in [-0.2, 0) is 16.1 Å². The van der Waals surface area contributed by atoms with Gasteiger partial charge in [-0.2, -0.15) is 10.1 Å². The molecule has 210 valence electrons. The number of anilines is 4. The van der Waals surface area contributed by atoms with Crippen molar-refractivity contribution in [3.05, 3.63) is 54.0 Å². The highest BCUT2D eigenvalue weighted by molar-refractivity contribution is 6.02. The van der Waals surface area contributed by atoms with E-state index in [-0.39, 0.29) is 5.91 Å². The third kappa shape index (κ3) is 5.52. The molecular formula is C29H36N8O3. The fourth-order valence-electron chi connectivity index (χ4n) is 5.17. The lowest BCUT2D eigenvalue weighted by Crippen LogP contribution is -2.36. The van der Waals surface area contributed by atoms with E-state index < -0.39 is 0 Å². The molecule has 3 fully saturated rings. The van der Waals surface area contributed by atoms with Crippen LogP contribution < -0.4 is 20.3 Å². The summed E-state index contributed by atoms with van der Waals surface area (Å²) in [5.74, 6) is 2.01. The highest BCUT2D eigenvalue weighted by Crippen LogP contribution is 2.42. The number of rotatable bonds is 10. The zero-order valence-corrected chi connectivity index (χ0v) is 23.2. The SMILES string of the molecule is C=CC(=O)Nc1cc(Nc2ncc(C)c(-n3cc(CN4CCC4)c(C4CC4)n3)n2)c(OC)cc1N1CCOCC1. The van der Waals surface area contributed by atoms with Crippen LogP contribution in [0.25, 0.3) is 5.82 Å². The number of aryl methyl sites for hydroxylation is 1. The van der Waals surface area contributed by atoms with Crippen molar-refractivity contribution in [3.8, 4) is 11.6 Å². The number of likely N-dealkylation sites (tertiary alicyclic amines) is 1. The van der Waals surface area contributed by atoms with Crippen LogP contribution in [0, 0.1) is 6.92 Å². The van der Waals surface area contributed by atoms with Crippen molar-refractivity contribution in [1.82, 2.24) is 24.6 Å². The van der Waals surface area contributed by atoms with Crippen LogP contribution in [0.1, 0.15) is 42.0 Å². The summed E-state index contributed by atoms with van der Waals surface area (Å²) in [4.78, 5) is 26.3. The molecule has 1 amide bonds. The first-order valence-corrected chi connectivity index (χ1v) is 13.9. The molecule has 3 aliphatic rings. The van der Waals surface area contributed by atoms with E-state index in [0.29, 0.717) is 55.3 Å². The second kappa shape index (κ2) is 11.3. The average molecular weight is 545 g/mol. The summed E-state index contributed by atoms with van der Waals surface area (Å²) in [6, 6.07) is 3.76. The minimum atomic E-state index is -0.293. The first kappa shape index (κ1) is 26.3. The predicted molar refractivity (Wildman–Crippen MR) is 154 cm³/mol. The maximum Gasteiger partial charge on any atom is 0.247 e. The number of benzene rings is 1. The zero-order chi connectivity index (χ0) is 27.6. The molecule has 6 rings (SSSR count). The van der Waals surface area contributed by atoms with E-state index in [0.717, 1.165) is 36.7 Å². The summed E-state index contributed by atoms with van der Waals surface area (Å²) in [5.41, 5.74) is 5.54. The maximum absolute atomic E-state index is 12.3. The van der Waals surface area contributed by atoms with Gasteiger partial charge in [0.05, 0.1) is 43.1 Å². The van der Waals surface area contributed by atoms with Gasteiger partial charge in [-0.3, -0.25) is 9.69 Å². The van der Waals surface area contributed by atoms with Crippen molar-refractivity contribution in [2.24, 2.45) is 0 Å². The number of amides is 1. The van der Waals surface area contributed by atoms with Gasteiger partial charge in [0.15, 0.2) is 5.82 Å². The van der Waals surface area contributed by atoms with Gasteiger partial charge < -0.3 is 25.0 Å². The Hall–Kier alpha value is -3.96. The molecule has 2 N–H and O–H groups in total. The molecule has 4 heterocycles. The summed E-state index contributed by atoms with van der Waals surface area (Å²) >= 11 is 0. The Labute approximate surface area is 234 Å². The van der Waals surface area contributed by atoms with E-state index in [1.54, 1.807) is 13.3 Å². The number of carbonyl (C=O) groups excluding carboxylic acids is 1. The normalized spacial score (nSPS) is 17.3. The summed E-state index contributed by atoms with van der Waals surface area (Å²) in [5, 5.41) is 11.2. The highest BCUT2D eigenvalue weighted by atomic mass is 16.5. The van der Waals surface area contributed by atoms with Crippen LogP contribution in [0.5, 0.6) is 5.75 Å². The largest absolute Gasteiger partial charge is 0.494 e. The summed E-state index contributed by atoms with van der Waals surface area (Å²) < 4.78 is 13.2. The van der Waals surface area contributed by atoms with E-state index >= 15 is 0 Å². The molecule has 2 aromatic heterocycles. The molecule has 0 atom stereocenters. The molecular weight excluding hydrogens is 508 g/mol. The predicted octanol–water partition coefficient (Wildman–Crippen LogP) is 3.77. The summed E-state index contributed by atoms with van der Waals surface area (Å²) in [6.45, 7) is 11.5. The monoisotopic (exact) mass is 544 g/mol. The molecule has 11 nitrogen and oxygen atoms in total. The molecule has 0 unspecified atom stereocenters. The van der Waals surface area contributed by atoms with Crippen molar-refractivity contribution < 1.29 is 14.3 Å². The van der Waals surface area contributed by atoms with Crippen LogP contribution in [0.4, 0.5) is 23.0 Å². The third-order valence-electron chi connectivity index (χ3n) is 7.65. The molecule has 1 aromatic carbocycles. The third-order valence-corrected chi connectivity index (χ3v) is 7.65.